The third-order valence-corrected chi connectivity index (χ3v) is 4.73. The van der Waals surface area contributed by atoms with Gasteiger partial charge in [0.25, 0.3) is 0 Å². The van der Waals surface area contributed by atoms with Crippen molar-refractivity contribution in [2.75, 3.05) is 0 Å². The average Bonchev–Trinajstić information content (AvgIpc) is 2.40. The van der Waals surface area contributed by atoms with Gasteiger partial charge in [0.15, 0.2) is 0 Å². The predicted molar refractivity (Wildman–Crippen MR) is 77.4 cm³/mol. The van der Waals surface area contributed by atoms with E-state index in [1.54, 1.807) is 0 Å². The van der Waals surface area contributed by atoms with Crippen molar-refractivity contribution < 1.29 is 4.21 Å². The number of rotatable bonds is 4. The molecule has 0 unspecified atom stereocenters. The molecule has 0 radical (unpaired) electrons. The van der Waals surface area contributed by atoms with E-state index in [0.29, 0.717) is 6.42 Å². The first-order valence-corrected chi connectivity index (χ1v) is 7.47. The van der Waals surface area contributed by atoms with Crippen molar-refractivity contribution in [1.82, 2.24) is 0 Å². The van der Waals surface area contributed by atoms with Crippen LogP contribution < -0.4 is 0 Å². The Morgan fingerprint density at radius 3 is 2.28 bits per heavy atom. The van der Waals surface area contributed by atoms with Crippen molar-refractivity contribution in [3.8, 4) is 0 Å². The molecule has 0 fully saturated rings. The van der Waals surface area contributed by atoms with E-state index in [2.05, 4.69) is 0 Å². The zero-order valence-corrected chi connectivity index (χ0v) is 11.7. The molecule has 0 aliphatic carbocycles. The third kappa shape index (κ3) is 3.44. The Morgan fingerprint density at radius 1 is 1.06 bits per heavy atom. The molecule has 18 heavy (non-hydrogen) atoms. The zero-order valence-electron chi connectivity index (χ0n) is 10.2. The number of benzene rings is 2. The second-order valence-electron chi connectivity index (χ2n) is 4.21. The third-order valence-electron chi connectivity index (χ3n) is 2.72. The van der Waals surface area contributed by atoms with Crippen LogP contribution in [0.4, 0.5) is 0 Å². The lowest BCUT2D eigenvalue weighted by Crippen LogP contribution is -2.11. The van der Waals surface area contributed by atoms with Crippen molar-refractivity contribution in [2.24, 2.45) is 0 Å². The molecule has 94 valence electrons. The van der Waals surface area contributed by atoms with Crippen LogP contribution in [-0.2, 0) is 17.2 Å². The molecule has 0 saturated carbocycles. The van der Waals surface area contributed by atoms with Gasteiger partial charge in [-0.2, -0.15) is 0 Å². The van der Waals surface area contributed by atoms with Crippen molar-refractivity contribution in [3.05, 3.63) is 65.7 Å². The van der Waals surface area contributed by atoms with E-state index >= 15 is 0 Å². The van der Waals surface area contributed by atoms with E-state index in [0.717, 1.165) is 16.0 Å². The normalized spacial score (nSPS) is 14.1. The number of hydrogen-bond donors (Lipinski definition) is 0. The van der Waals surface area contributed by atoms with Crippen LogP contribution in [0.2, 0.25) is 0 Å². The molecule has 0 heterocycles. The Kier molecular flexibility index (Phi) is 4.56. The lowest BCUT2D eigenvalue weighted by Gasteiger charge is -2.10. The molecule has 0 aromatic heterocycles. The SMILES string of the molecule is Cc1ccc([S@](=O)[C@@H](Cl)Cc2ccccc2)cc1. The van der Waals surface area contributed by atoms with Crippen LogP contribution in [-0.4, -0.2) is 8.92 Å². The molecule has 2 rings (SSSR count). The largest absolute Gasteiger partial charge is 0.253 e. The van der Waals surface area contributed by atoms with Crippen LogP contribution in [0, 0.1) is 6.92 Å². The Bertz CT molecular complexity index is 522. The minimum absolute atomic E-state index is 0.393. The van der Waals surface area contributed by atoms with Gasteiger partial charge in [0.05, 0.1) is 10.8 Å². The van der Waals surface area contributed by atoms with Crippen LogP contribution in [0.5, 0.6) is 0 Å². The summed E-state index contributed by atoms with van der Waals surface area (Å²) in [5.41, 5.74) is 2.27. The molecule has 2 aromatic rings. The Balaban J connectivity index is 2.07. The second kappa shape index (κ2) is 6.17. The molecule has 0 aliphatic heterocycles. The van der Waals surface area contributed by atoms with Gasteiger partial charge in [-0.1, -0.05) is 48.0 Å². The van der Waals surface area contributed by atoms with Gasteiger partial charge < -0.3 is 0 Å². The summed E-state index contributed by atoms with van der Waals surface area (Å²) in [6, 6.07) is 17.6. The maximum Gasteiger partial charge on any atom is 0.117 e. The minimum atomic E-state index is -1.17. The van der Waals surface area contributed by atoms with Gasteiger partial charge in [0.1, 0.15) is 4.71 Å². The maximum atomic E-state index is 12.2. The number of hydrogen-bond acceptors (Lipinski definition) is 1. The van der Waals surface area contributed by atoms with Gasteiger partial charge in [-0.05, 0) is 24.6 Å². The zero-order chi connectivity index (χ0) is 13.0. The van der Waals surface area contributed by atoms with Gasteiger partial charge in [-0.15, -0.1) is 11.6 Å². The fourth-order valence-electron chi connectivity index (χ4n) is 1.70. The van der Waals surface area contributed by atoms with Crippen LogP contribution in [0.3, 0.4) is 0 Å². The van der Waals surface area contributed by atoms with Gasteiger partial charge in [0, 0.05) is 11.3 Å². The van der Waals surface area contributed by atoms with E-state index in [-0.39, 0.29) is 0 Å². The van der Waals surface area contributed by atoms with Crippen LogP contribution in [0.1, 0.15) is 11.1 Å². The van der Waals surface area contributed by atoms with Gasteiger partial charge in [-0.25, -0.2) is 0 Å². The highest BCUT2D eigenvalue weighted by atomic mass is 35.5. The van der Waals surface area contributed by atoms with E-state index in [1.807, 2.05) is 61.5 Å². The highest BCUT2D eigenvalue weighted by Crippen LogP contribution is 2.18. The molecule has 3 heteroatoms. The molecule has 0 aliphatic rings. The van der Waals surface area contributed by atoms with E-state index in [9.17, 15) is 4.21 Å². The first-order chi connectivity index (χ1) is 8.66. The first-order valence-electron chi connectivity index (χ1n) is 5.82. The van der Waals surface area contributed by atoms with Gasteiger partial charge in [-0.3, -0.25) is 4.21 Å². The Hall–Kier alpha value is -1.12. The molecule has 0 saturated heterocycles. The summed E-state index contributed by atoms with van der Waals surface area (Å²) < 4.78 is 11.8. The van der Waals surface area contributed by atoms with E-state index in [1.165, 1.54) is 0 Å². The Labute approximate surface area is 115 Å². The van der Waals surface area contributed by atoms with Crippen molar-refractivity contribution in [1.29, 1.82) is 0 Å². The van der Waals surface area contributed by atoms with Crippen molar-refractivity contribution >= 4 is 22.4 Å². The second-order valence-corrected chi connectivity index (χ2v) is 6.63. The van der Waals surface area contributed by atoms with Gasteiger partial charge in [0.2, 0.25) is 0 Å². The average molecular weight is 279 g/mol. The molecule has 0 spiro atoms. The van der Waals surface area contributed by atoms with Crippen LogP contribution in [0.15, 0.2) is 59.5 Å². The lowest BCUT2D eigenvalue weighted by molar-refractivity contribution is 0.680. The molecule has 0 amide bonds. The number of alkyl halides is 1. The summed E-state index contributed by atoms with van der Waals surface area (Å²) in [5.74, 6) is 0. The van der Waals surface area contributed by atoms with E-state index < -0.39 is 15.5 Å². The molecule has 0 bridgehead atoms. The van der Waals surface area contributed by atoms with Crippen molar-refractivity contribution in [2.45, 2.75) is 22.9 Å². The van der Waals surface area contributed by atoms with Crippen molar-refractivity contribution in [3.63, 3.8) is 0 Å². The summed E-state index contributed by atoms with van der Waals surface area (Å²) >= 11 is 6.24. The molecule has 2 atom stereocenters. The summed E-state index contributed by atoms with van der Waals surface area (Å²) in [6.07, 6.45) is 0.614. The Morgan fingerprint density at radius 2 is 1.67 bits per heavy atom. The summed E-state index contributed by atoms with van der Waals surface area (Å²) in [6.45, 7) is 2.01. The monoisotopic (exact) mass is 278 g/mol. The number of halogens is 1. The molecular formula is C15H15ClOS. The fraction of sp³-hybridized carbons (Fsp3) is 0.200. The first kappa shape index (κ1) is 13.3. The molecule has 2 aromatic carbocycles. The van der Waals surface area contributed by atoms with E-state index in [4.69, 9.17) is 11.6 Å². The molecule has 0 N–H and O–H groups in total. The highest BCUT2D eigenvalue weighted by molar-refractivity contribution is 7.87. The topological polar surface area (TPSA) is 17.1 Å². The number of aryl methyl sites for hydroxylation is 1. The van der Waals surface area contributed by atoms with Crippen LogP contribution in [0.25, 0.3) is 0 Å². The minimum Gasteiger partial charge on any atom is -0.253 e. The maximum absolute atomic E-state index is 12.2. The summed E-state index contributed by atoms with van der Waals surface area (Å²) in [7, 11) is -1.17. The molecular weight excluding hydrogens is 264 g/mol. The predicted octanol–water partition coefficient (Wildman–Crippen LogP) is 3.91. The standard InChI is InChI=1S/C15H15ClOS/c1-12-7-9-14(10-8-12)18(17)15(16)11-13-5-3-2-4-6-13/h2-10,15H,11H2,1H3/t15-,18+/m1/s1. The quantitative estimate of drug-likeness (QED) is 0.775. The molecule has 1 nitrogen and oxygen atoms in total. The summed E-state index contributed by atoms with van der Waals surface area (Å²) in [4.78, 5) is 0.788. The lowest BCUT2D eigenvalue weighted by atomic mass is 10.2. The highest BCUT2D eigenvalue weighted by Gasteiger charge is 2.15. The van der Waals surface area contributed by atoms with Gasteiger partial charge >= 0.3 is 0 Å². The summed E-state index contributed by atoms with van der Waals surface area (Å²) in [5, 5.41) is 0. The smallest absolute Gasteiger partial charge is 0.117 e. The van der Waals surface area contributed by atoms with Crippen LogP contribution >= 0.6 is 11.6 Å². The fourth-order valence-corrected chi connectivity index (χ4v) is 3.23.